The zero-order valence-corrected chi connectivity index (χ0v) is 9.79. The molecule has 7 heteroatoms. The number of phenolic OH excluding ortho intramolecular Hbond substituents is 1. The van der Waals surface area contributed by atoms with E-state index in [1.165, 1.54) is 18.2 Å². The fourth-order valence-corrected chi connectivity index (χ4v) is 1.57. The topological polar surface area (TPSA) is 113 Å². The lowest BCUT2D eigenvalue weighted by Crippen LogP contribution is -2.38. The quantitative estimate of drug-likeness (QED) is 0.513. The van der Waals surface area contributed by atoms with E-state index in [9.17, 15) is 20.0 Å². The highest BCUT2D eigenvalue weighted by atomic mass is 16.6. The summed E-state index contributed by atoms with van der Waals surface area (Å²) in [6, 6.07) is 3.04. The van der Waals surface area contributed by atoms with Gasteiger partial charge in [0.15, 0.2) is 5.75 Å². The largest absolute Gasteiger partial charge is 0.502 e. The van der Waals surface area contributed by atoms with Gasteiger partial charge in [0.05, 0.1) is 4.92 Å². The molecule has 1 rings (SSSR count). The third-order valence-corrected chi connectivity index (χ3v) is 2.42. The Morgan fingerprint density at radius 1 is 1.56 bits per heavy atom. The highest BCUT2D eigenvalue weighted by molar-refractivity contribution is 5.74. The van der Waals surface area contributed by atoms with Crippen molar-refractivity contribution in [1.82, 2.24) is 5.32 Å². The first kappa shape index (κ1) is 13.9. The van der Waals surface area contributed by atoms with Crippen molar-refractivity contribution in [3.63, 3.8) is 0 Å². The summed E-state index contributed by atoms with van der Waals surface area (Å²) >= 11 is 0. The Hall–Kier alpha value is -2.15. The average Bonchev–Trinajstić information content (AvgIpc) is 2.30. The van der Waals surface area contributed by atoms with Gasteiger partial charge in [-0.2, -0.15) is 0 Å². The van der Waals surface area contributed by atoms with Crippen LogP contribution in [0.5, 0.6) is 5.75 Å². The number of carboxylic acid groups (broad SMARTS) is 1. The number of nitrogens with zero attached hydrogens (tertiary/aromatic N) is 1. The molecule has 0 saturated heterocycles. The van der Waals surface area contributed by atoms with Crippen LogP contribution in [-0.2, 0) is 11.2 Å². The fourth-order valence-electron chi connectivity index (χ4n) is 1.57. The minimum atomic E-state index is -1.02. The number of nitro benzene ring substituents is 1. The Bertz CT molecular complexity index is 461. The Kier molecular flexibility index (Phi) is 4.61. The van der Waals surface area contributed by atoms with Gasteiger partial charge in [-0.1, -0.05) is 13.0 Å². The van der Waals surface area contributed by atoms with Crippen molar-refractivity contribution in [1.29, 1.82) is 0 Å². The van der Waals surface area contributed by atoms with Crippen molar-refractivity contribution < 1.29 is 19.9 Å². The summed E-state index contributed by atoms with van der Waals surface area (Å²) in [5, 5.41) is 31.6. The lowest BCUT2D eigenvalue weighted by atomic mass is 10.0. The van der Waals surface area contributed by atoms with Crippen molar-refractivity contribution in [2.24, 2.45) is 0 Å². The Labute approximate surface area is 103 Å². The first-order valence-corrected chi connectivity index (χ1v) is 5.38. The maximum Gasteiger partial charge on any atom is 0.321 e. The molecule has 0 aliphatic carbocycles. The van der Waals surface area contributed by atoms with E-state index in [2.05, 4.69) is 5.32 Å². The number of hydrogen-bond acceptors (Lipinski definition) is 5. The fraction of sp³-hybridized carbons (Fsp3) is 0.364. The van der Waals surface area contributed by atoms with Crippen molar-refractivity contribution >= 4 is 11.7 Å². The summed E-state index contributed by atoms with van der Waals surface area (Å²) in [4.78, 5) is 20.9. The molecule has 3 N–H and O–H groups in total. The minimum Gasteiger partial charge on any atom is -0.502 e. The van der Waals surface area contributed by atoms with E-state index in [-0.39, 0.29) is 6.42 Å². The van der Waals surface area contributed by atoms with Gasteiger partial charge in [0.1, 0.15) is 6.04 Å². The molecule has 0 amide bonds. The van der Waals surface area contributed by atoms with E-state index in [1.807, 2.05) is 0 Å². The van der Waals surface area contributed by atoms with Crippen molar-refractivity contribution in [2.45, 2.75) is 19.4 Å². The number of carbonyl (C=O) groups is 1. The second-order valence-corrected chi connectivity index (χ2v) is 3.73. The second kappa shape index (κ2) is 5.97. The lowest BCUT2D eigenvalue weighted by Gasteiger charge is -2.12. The van der Waals surface area contributed by atoms with Crippen LogP contribution >= 0.6 is 0 Å². The van der Waals surface area contributed by atoms with E-state index in [1.54, 1.807) is 6.92 Å². The van der Waals surface area contributed by atoms with Crippen LogP contribution in [0.25, 0.3) is 0 Å². The van der Waals surface area contributed by atoms with Crippen LogP contribution in [0.2, 0.25) is 0 Å². The molecular formula is C11H14N2O5. The van der Waals surface area contributed by atoms with Crippen LogP contribution in [0.4, 0.5) is 5.69 Å². The van der Waals surface area contributed by atoms with Gasteiger partial charge in [-0.25, -0.2) is 0 Å². The van der Waals surface area contributed by atoms with Crippen molar-refractivity contribution in [3.05, 3.63) is 33.9 Å². The standard InChI is InChI=1S/C11H14N2O5/c1-2-12-8(11(15)16)5-7-3-4-10(14)9(6-7)13(17)18/h3-4,6,8,12,14H,2,5H2,1H3,(H,15,16)/t8-/m0/s1. The molecule has 1 atom stereocenters. The average molecular weight is 254 g/mol. The predicted molar refractivity (Wildman–Crippen MR) is 63.6 cm³/mol. The maximum absolute atomic E-state index is 10.9. The van der Waals surface area contributed by atoms with Gasteiger partial charge >= 0.3 is 11.7 Å². The van der Waals surface area contributed by atoms with Gasteiger partial charge in [0.25, 0.3) is 0 Å². The van der Waals surface area contributed by atoms with Crippen LogP contribution in [-0.4, -0.2) is 33.7 Å². The van der Waals surface area contributed by atoms with Gasteiger partial charge in [-0.15, -0.1) is 0 Å². The molecule has 0 unspecified atom stereocenters. The molecule has 1 aromatic carbocycles. The first-order chi connectivity index (χ1) is 8.45. The third kappa shape index (κ3) is 3.42. The molecule has 0 bridgehead atoms. The molecule has 0 saturated carbocycles. The van der Waals surface area contributed by atoms with Gasteiger partial charge < -0.3 is 15.5 Å². The van der Waals surface area contributed by atoms with E-state index in [0.717, 1.165) is 0 Å². The summed E-state index contributed by atoms with van der Waals surface area (Å²) in [6.07, 6.45) is 0.115. The zero-order valence-electron chi connectivity index (χ0n) is 9.79. The Balaban J connectivity index is 2.93. The number of benzene rings is 1. The summed E-state index contributed by atoms with van der Waals surface area (Å²) in [6.45, 7) is 2.26. The molecule has 1 aromatic rings. The van der Waals surface area contributed by atoms with E-state index in [4.69, 9.17) is 5.11 Å². The number of aromatic hydroxyl groups is 1. The second-order valence-electron chi connectivity index (χ2n) is 3.73. The molecule has 0 aliphatic heterocycles. The first-order valence-electron chi connectivity index (χ1n) is 5.38. The SMILES string of the molecule is CCN[C@@H](Cc1ccc(O)c([N+](=O)[O-])c1)C(=O)O. The summed E-state index contributed by atoms with van der Waals surface area (Å²) in [7, 11) is 0. The van der Waals surface area contributed by atoms with Gasteiger partial charge in [-0.05, 0) is 24.6 Å². The molecule has 0 spiro atoms. The molecule has 0 aliphatic rings. The number of likely N-dealkylation sites (N-methyl/N-ethyl adjacent to an activating group) is 1. The molecule has 18 heavy (non-hydrogen) atoms. The summed E-state index contributed by atoms with van der Waals surface area (Å²) in [5.74, 6) is -1.45. The smallest absolute Gasteiger partial charge is 0.321 e. The monoisotopic (exact) mass is 254 g/mol. The predicted octanol–water partition coefficient (Wildman–Crippen LogP) is 0.906. The van der Waals surface area contributed by atoms with Crippen LogP contribution in [0, 0.1) is 10.1 Å². The molecule has 0 heterocycles. The molecule has 7 nitrogen and oxygen atoms in total. The lowest BCUT2D eigenvalue weighted by molar-refractivity contribution is -0.385. The normalized spacial score (nSPS) is 12.1. The number of rotatable bonds is 6. The number of nitro groups is 1. The Morgan fingerprint density at radius 2 is 2.22 bits per heavy atom. The molecule has 98 valence electrons. The molecule has 0 radical (unpaired) electrons. The number of phenols is 1. The van der Waals surface area contributed by atoms with Gasteiger partial charge in [0.2, 0.25) is 0 Å². The van der Waals surface area contributed by atoms with Crippen molar-refractivity contribution in [2.75, 3.05) is 6.54 Å². The van der Waals surface area contributed by atoms with Crippen LogP contribution < -0.4 is 5.32 Å². The van der Waals surface area contributed by atoms with Crippen LogP contribution in [0.15, 0.2) is 18.2 Å². The zero-order chi connectivity index (χ0) is 13.7. The minimum absolute atomic E-state index is 0.115. The highest BCUT2D eigenvalue weighted by Crippen LogP contribution is 2.26. The van der Waals surface area contributed by atoms with E-state index in [0.29, 0.717) is 12.1 Å². The van der Waals surface area contributed by atoms with E-state index >= 15 is 0 Å². The summed E-state index contributed by atoms with van der Waals surface area (Å²) < 4.78 is 0. The van der Waals surface area contributed by atoms with Gasteiger partial charge in [-0.3, -0.25) is 14.9 Å². The van der Waals surface area contributed by atoms with Gasteiger partial charge in [0, 0.05) is 6.07 Å². The highest BCUT2D eigenvalue weighted by Gasteiger charge is 2.19. The number of aliphatic carboxylic acids is 1. The maximum atomic E-state index is 10.9. The number of nitrogens with one attached hydrogen (secondary N) is 1. The number of carboxylic acids is 1. The third-order valence-electron chi connectivity index (χ3n) is 2.42. The molecule has 0 aromatic heterocycles. The number of hydrogen-bond donors (Lipinski definition) is 3. The van der Waals surface area contributed by atoms with Crippen LogP contribution in [0.3, 0.4) is 0 Å². The summed E-state index contributed by atoms with van der Waals surface area (Å²) in [5.41, 5.74) is 0.0565. The molecular weight excluding hydrogens is 240 g/mol. The Morgan fingerprint density at radius 3 is 2.72 bits per heavy atom. The van der Waals surface area contributed by atoms with E-state index < -0.39 is 28.4 Å². The van der Waals surface area contributed by atoms with Crippen molar-refractivity contribution in [3.8, 4) is 5.75 Å². The van der Waals surface area contributed by atoms with Crippen LogP contribution in [0.1, 0.15) is 12.5 Å². The molecule has 0 fully saturated rings.